The predicted octanol–water partition coefficient (Wildman–Crippen LogP) is 4.20. The molecule has 1 aliphatic rings. The Morgan fingerprint density at radius 3 is 2.31 bits per heavy atom. The summed E-state index contributed by atoms with van der Waals surface area (Å²) in [5, 5.41) is 10.5. The highest BCUT2D eigenvalue weighted by Crippen LogP contribution is 2.35. The summed E-state index contributed by atoms with van der Waals surface area (Å²) in [6.45, 7) is 1.49. The van der Waals surface area contributed by atoms with Crippen molar-refractivity contribution < 1.29 is 9.53 Å². The minimum absolute atomic E-state index is 0.0490. The van der Waals surface area contributed by atoms with Gasteiger partial charge in [0.25, 0.3) is 5.91 Å². The highest BCUT2D eigenvalue weighted by Gasteiger charge is 2.47. The molecule has 1 fully saturated rings. The van der Waals surface area contributed by atoms with Crippen LogP contribution in [0.5, 0.6) is 0 Å². The molecule has 29 heavy (non-hydrogen) atoms. The Balaban J connectivity index is 1.27. The van der Waals surface area contributed by atoms with E-state index in [1.54, 1.807) is 0 Å². The normalized spacial score (nSPS) is 14.3. The number of rotatable bonds is 12. The van der Waals surface area contributed by atoms with Crippen LogP contribution in [-0.2, 0) is 17.8 Å². The molecule has 3 rings (SSSR count). The van der Waals surface area contributed by atoms with Gasteiger partial charge in [-0.1, -0.05) is 55.3 Å². The fraction of sp³-hybridized carbons (Fsp3) is 0.417. The van der Waals surface area contributed by atoms with Crippen molar-refractivity contribution in [1.82, 2.24) is 5.32 Å². The number of nitrogens with one attached hydrogen (secondary N) is 2. The number of carbonyl (C=O) groups excluding carboxylic acids is 1. The first-order valence-corrected chi connectivity index (χ1v) is 10.5. The quantitative estimate of drug-likeness (QED) is 0.287. The molecule has 0 atom stereocenters. The standard InChI is InChI=1S/C24H31N3O2/c25-23(26)24(15-16-24)27-22(28)21-13-11-19(12-14-21)8-4-1-2-7-17-29-18-20-9-5-3-6-10-20/h3,5-6,9-14H,1-2,4,7-8,15-18H2,(H3,25,26)(H,27,28). The summed E-state index contributed by atoms with van der Waals surface area (Å²) in [5.74, 6) is -0.104. The smallest absolute Gasteiger partial charge is 0.252 e. The number of hydrogen-bond donors (Lipinski definition) is 3. The van der Waals surface area contributed by atoms with Gasteiger partial charge in [0, 0.05) is 12.2 Å². The molecular weight excluding hydrogens is 362 g/mol. The Morgan fingerprint density at radius 2 is 1.66 bits per heavy atom. The lowest BCUT2D eigenvalue weighted by molar-refractivity contribution is 0.0943. The molecule has 0 unspecified atom stereocenters. The molecule has 2 aromatic rings. The second-order valence-electron chi connectivity index (χ2n) is 7.85. The topological polar surface area (TPSA) is 88.2 Å². The van der Waals surface area contributed by atoms with E-state index in [4.69, 9.17) is 15.9 Å². The van der Waals surface area contributed by atoms with Crippen molar-refractivity contribution in [3.8, 4) is 0 Å². The van der Waals surface area contributed by atoms with Gasteiger partial charge in [-0.3, -0.25) is 10.2 Å². The number of aryl methyl sites for hydroxylation is 1. The number of nitrogens with two attached hydrogens (primary N) is 1. The maximum absolute atomic E-state index is 12.3. The zero-order valence-corrected chi connectivity index (χ0v) is 17.0. The van der Waals surface area contributed by atoms with Gasteiger partial charge in [0.15, 0.2) is 0 Å². The minimum atomic E-state index is -0.597. The first kappa shape index (κ1) is 21.1. The Kier molecular flexibility index (Phi) is 7.42. The van der Waals surface area contributed by atoms with Gasteiger partial charge in [-0.05, 0) is 55.4 Å². The lowest BCUT2D eigenvalue weighted by Crippen LogP contribution is -2.46. The summed E-state index contributed by atoms with van der Waals surface area (Å²) in [5.41, 5.74) is 8.07. The Bertz CT molecular complexity index is 799. The average molecular weight is 394 g/mol. The summed E-state index contributed by atoms with van der Waals surface area (Å²) < 4.78 is 5.71. The minimum Gasteiger partial charge on any atom is -0.386 e. The van der Waals surface area contributed by atoms with E-state index in [9.17, 15) is 4.79 Å². The van der Waals surface area contributed by atoms with Crippen LogP contribution in [0.25, 0.3) is 0 Å². The second kappa shape index (κ2) is 10.2. The molecule has 0 spiro atoms. The number of amidine groups is 1. The van der Waals surface area contributed by atoms with Crippen molar-refractivity contribution in [3.63, 3.8) is 0 Å². The van der Waals surface area contributed by atoms with Crippen molar-refractivity contribution in [2.45, 2.75) is 57.1 Å². The first-order chi connectivity index (χ1) is 14.1. The highest BCUT2D eigenvalue weighted by molar-refractivity contribution is 6.01. The van der Waals surface area contributed by atoms with Crippen LogP contribution in [0.2, 0.25) is 0 Å². The summed E-state index contributed by atoms with van der Waals surface area (Å²) in [6.07, 6.45) is 7.10. The van der Waals surface area contributed by atoms with Crippen LogP contribution in [0.3, 0.4) is 0 Å². The van der Waals surface area contributed by atoms with Gasteiger partial charge in [-0.15, -0.1) is 0 Å². The molecule has 2 aromatic carbocycles. The summed E-state index contributed by atoms with van der Waals surface area (Å²) in [4.78, 5) is 12.3. The van der Waals surface area contributed by atoms with Gasteiger partial charge in [-0.2, -0.15) is 0 Å². The third-order valence-corrected chi connectivity index (χ3v) is 5.45. The molecule has 0 aromatic heterocycles. The summed E-state index contributed by atoms with van der Waals surface area (Å²) in [7, 11) is 0. The third-order valence-electron chi connectivity index (χ3n) is 5.45. The Labute approximate surface area is 173 Å². The van der Waals surface area contributed by atoms with Crippen LogP contribution in [0.1, 0.15) is 60.0 Å². The molecule has 0 aliphatic heterocycles. The zero-order valence-electron chi connectivity index (χ0n) is 17.0. The monoisotopic (exact) mass is 393 g/mol. The number of benzene rings is 2. The van der Waals surface area contributed by atoms with Crippen LogP contribution in [0.15, 0.2) is 54.6 Å². The number of unbranched alkanes of at least 4 members (excludes halogenated alkanes) is 3. The fourth-order valence-electron chi connectivity index (χ4n) is 3.35. The molecule has 0 saturated heterocycles. The van der Waals surface area contributed by atoms with E-state index in [0.717, 1.165) is 38.7 Å². The van der Waals surface area contributed by atoms with E-state index in [1.165, 1.54) is 24.0 Å². The van der Waals surface area contributed by atoms with Crippen LogP contribution in [-0.4, -0.2) is 23.9 Å². The largest absolute Gasteiger partial charge is 0.386 e. The maximum atomic E-state index is 12.3. The van der Waals surface area contributed by atoms with Crippen LogP contribution in [0, 0.1) is 5.41 Å². The van der Waals surface area contributed by atoms with E-state index in [1.807, 2.05) is 42.5 Å². The number of hydrogen-bond acceptors (Lipinski definition) is 3. The van der Waals surface area contributed by atoms with Crippen molar-refractivity contribution in [2.24, 2.45) is 5.73 Å². The maximum Gasteiger partial charge on any atom is 0.252 e. The molecule has 1 saturated carbocycles. The van der Waals surface area contributed by atoms with Gasteiger partial charge in [0.1, 0.15) is 5.84 Å². The molecule has 154 valence electrons. The molecule has 1 aliphatic carbocycles. The summed E-state index contributed by atoms with van der Waals surface area (Å²) >= 11 is 0. The molecule has 0 bridgehead atoms. The Hall–Kier alpha value is -2.66. The van der Waals surface area contributed by atoms with Gasteiger partial charge >= 0.3 is 0 Å². The molecular formula is C24H31N3O2. The third kappa shape index (κ3) is 6.43. The SMILES string of the molecule is N=C(N)C1(NC(=O)c2ccc(CCCCCCOCc3ccccc3)cc2)CC1. The average Bonchev–Trinajstić information content (AvgIpc) is 3.52. The lowest BCUT2D eigenvalue weighted by atomic mass is 10.0. The van der Waals surface area contributed by atoms with Crippen LogP contribution < -0.4 is 11.1 Å². The van der Waals surface area contributed by atoms with E-state index >= 15 is 0 Å². The van der Waals surface area contributed by atoms with Crippen LogP contribution in [0.4, 0.5) is 0 Å². The van der Waals surface area contributed by atoms with Gasteiger partial charge in [0.2, 0.25) is 0 Å². The molecule has 4 N–H and O–H groups in total. The van der Waals surface area contributed by atoms with Crippen molar-refractivity contribution in [3.05, 3.63) is 71.3 Å². The van der Waals surface area contributed by atoms with E-state index in [2.05, 4.69) is 17.4 Å². The molecule has 5 nitrogen and oxygen atoms in total. The van der Waals surface area contributed by atoms with Crippen molar-refractivity contribution in [1.29, 1.82) is 5.41 Å². The number of carbonyl (C=O) groups is 1. The molecule has 0 heterocycles. The number of ether oxygens (including phenoxy) is 1. The molecule has 1 amide bonds. The predicted molar refractivity (Wildman–Crippen MR) is 116 cm³/mol. The van der Waals surface area contributed by atoms with E-state index < -0.39 is 5.54 Å². The van der Waals surface area contributed by atoms with Gasteiger partial charge in [0.05, 0.1) is 12.1 Å². The Morgan fingerprint density at radius 1 is 0.966 bits per heavy atom. The molecule has 5 heteroatoms. The van der Waals surface area contributed by atoms with Gasteiger partial charge < -0.3 is 15.8 Å². The van der Waals surface area contributed by atoms with Crippen LogP contribution >= 0.6 is 0 Å². The second-order valence-corrected chi connectivity index (χ2v) is 7.85. The molecule has 0 radical (unpaired) electrons. The number of amides is 1. The lowest BCUT2D eigenvalue weighted by Gasteiger charge is -2.15. The first-order valence-electron chi connectivity index (χ1n) is 10.5. The summed E-state index contributed by atoms with van der Waals surface area (Å²) in [6, 6.07) is 18.0. The van der Waals surface area contributed by atoms with Gasteiger partial charge in [-0.25, -0.2) is 0 Å². The van der Waals surface area contributed by atoms with E-state index in [0.29, 0.717) is 12.2 Å². The van der Waals surface area contributed by atoms with Crippen molar-refractivity contribution in [2.75, 3.05) is 6.61 Å². The van der Waals surface area contributed by atoms with Crippen molar-refractivity contribution >= 4 is 11.7 Å². The highest BCUT2D eigenvalue weighted by atomic mass is 16.5. The fourth-order valence-corrected chi connectivity index (χ4v) is 3.35. The zero-order chi connectivity index (χ0) is 20.5. The van der Waals surface area contributed by atoms with E-state index in [-0.39, 0.29) is 11.7 Å².